The molecule has 3 rings (SSSR count). The van der Waals surface area contributed by atoms with Gasteiger partial charge in [0.05, 0.1) is 0 Å². The van der Waals surface area contributed by atoms with Crippen molar-refractivity contribution in [2.45, 2.75) is 51.6 Å². The highest BCUT2D eigenvalue weighted by molar-refractivity contribution is 5.97. The third-order valence-corrected chi connectivity index (χ3v) is 4.59. The quantitative estimate of drug-likeness (QED) is 0.779. The first kappa shape index (κ1) is 18.1. The largest absolute Gasteiger partial charge is 0.367 e. The summed E-state index contributed by atoms with van der Waals surface area (Å²) in [7, 11) is 0. The SMILES string of the molecule is CC(C)Nc1nc(C#N)cc2cnc(NC(=O)[C@H]3CCC[C@H](N)C3)cc12. The molecule has 7 heteroatoms. The van der Waals surface area contributed by atoms with Gasteiger partial charge in [0.15, 0.2) is 0 Å². The van der Waals surface area contributed by atoms with Gasteiger partial charge in [-0.05, 0) is 45.2 Å². The molecule has 0 saturated heterocycles. The summed E-state index contributed by atoms with van der Waals surface area (Å²) in [6.45, 7) is 4.01. The van der Waals surface area contributed by atoms with Crippen LogP contribution in [0.5, 0.6) is 0 Å². The molecule has 0 aliphatic heterocycles. The van der Waals surface area contributed by atoms with Crippen LogP contribution in [0.15, 0.2) is 18.3 Å². The summed E-state index contributed by atoms with van der Waals surface area (Å²) < 4.78 is 0. The number of nitrogens with two attached hydrogens (primary N) is 1. The molecule has 136 valence electrons. The molecular weight excluding hydrogens is 328 g/mol. The van der Waals surface area contributed by atoms with E-state index < -0.39 is 0 Å². The van der Waals surface area contributed by atoms with Crippen LogP contribution in [-0.2, 0) is 4.79 Å². The smallest absolute Gasteiger partial charge is 0.228 e. The van der Waals surface area contributed by atoms with E-state index in [2.05, 4.69) is 26.7 Å². The van der Waals surface area contributed by atoms with Crippen molar-refractivity contribution in [3.05, 3.63) is 24.0 Å². The molecule has 2 heterocycles. The fourth-order valence-corrected chi connectivity index (χ4v) is 3.35. The summed E-state index contributed by atoms with van der Waals surface area (Å²) in [5, 5.41) is 17.0. The zero-order valence-corrected chi connectivity index (χ0v) is 15.1. The summed E-state index contributed by atoms with van der Waals surface area (Å²) in [6.07, 6.45) is 5.20. The highest BCUT2D eigenvalue weighted by Crippen LogP contribution is 2.27. The molecule has 1 fully saturated rings. The molecule has 1 amide bonds. The van der Waals surface area contributed by atoms with Crippen LogP contribution in [0.2, 0.25) is 0 Å². The van der Waals surface area contributed by atoms with E-state index in [0.717, 1.165) is 30.0 Å². The number of pyridine rings is 2. The number of aromatic nitrogens is 2. The van der Waals surface area contributed by atoms with Crippen molar-refractivity contribution in [1.82, 2.24) is 9.97 Å². The Morgan fingerprint density at radius 1 is 1.38 bits per heavy atom. The van der Waals surface area contributed by atoms with E-state index in [-0.39, 0.29) is 23.9 Å². The molecule has 7 nitrogen and oxygen atoms in total. The number of amides is 1. The molecule has 1 aliphatic carbocycles. The Bertz CT molecular complexity index is 857. The van der Waals surface area contributed by atoms with E-state index in [1.807, 2.05) is 13.8 Å². The minimum absolute atomic E-state index is 0.0352. The first-order valence-electron chi connectivity index (χ1n) is 9.00. The third kappa shape index (κ3) is 4.09. The second kappa shape index (κ2) is 7.67. The van der Waals surface area contributed by atoms with Gasteiger partial charge in [0.2, 0.25) is 5.91 Å². The van der Waals surface area contributed by atoms with E-state index in [1.165, 1.54) is 0 Å². The fourth-order valence-electron chi connectivity index (χ4n) is 3.35. The maximum atomic E-state index is 12.5. The number of anilines is 2. The Morgan fingerprint density at radius 3 is 2.88 bits per heavy atom. The Morgan fingerprint density at radius 2 is 2.19 bits per heavy atom. The first-order chi connectivity index (χ1) is 12.5. The molecule has 0 bridgehead atoms. The van der Waals surface area contributed by atoms with Crippen molar-refractivity contribution < 1.29 is 4.79 Å². The Labute approximate surface area is 153 Å². The van der Waals surface area contributed by atoms with Gasteiger partial charge in [0.1, 0.15) is 23.4 Å². The van der Waals surface area contributed by atoms with E-state index in [4.69, 9.17) is 11.0 Å². The highest BCUT2D eigenvalue weighted by Gasteiger charge is 2.25. The number of rotatable bonds is 4. The van der Waals surface area contributed by atoms with Gasteiger partial charge >= 0.3 is 0 Å². The van der Waals surface area contributed by atoms with Crippen molar-refractivity contribution in [3.63, 3.8) is 0 Å². The number of hydrogen-bond donors (Lipinski definition) is 3. The molecule has 0 radical (unpaired) electrons. The van der Waals surface area contributed by atoms with Gasteiger partial charge in [0, 0.05) is 35.0 Å². The first-order valence-corrected chi connectivity index (χ1v) is 9.00. The van der Waals surface area contributed by atoms with Crippen LogP contribution in [0, 0.1) is 17.2 Å². The van der Waals surface area contributed by atoms with Crippen LogP contribution in [0.25, 0.3) is 10.8 Å². The maximum absolute atomic E-state index is 12.5. The van der Waals surface area contributed by atoms with Gasteiger partial charge in [-0.15, -0.1) is 0 Å². The van der Waals surface area contributed by atoms with Crippen molar-refractivity contribution >= 4 is 28.3 Å². The average Bonchev–Trinajstić information content (AvgIpc) is 2.61. The monoisotopic (exact) mass is 352 g/mol. The lowest BCUT2D eigenvalue weighted by atomic mass is 9.85. The summed E-state index contributed by atoms with van der Waals surface area (Å²) in [4.78, 5) is 21.2. The Balaban J connectivity index is 1.88. The summed E-state index contributed by atoms with van der Waals surface area (Å²) in [5.74, 6) is 1.00. The molecule has 0 spiro atoms. The van der Waals surface area contributed by atoms with E-state index in [9.17, 15) is 4.79 Å². The lowest BCUT2D eigenvalue weighted by Crippen LogP contribution is -2.34. The second-order valence-electron chi connectivity index (χ2n) is 7.17. The number of carbonyl (C=O) groups is 1. The van der Waals surface area contributed by atoms with Gasteiger partial charge in [-0.1, -0.05) is 6.42 Å². The number of nitrogens with one attached hydrogen (secondary N) is 2. The normalized spacial score (nSPS) is 20.0. The van der Waals surface area contributed by atoms with Crippen LogP contribution in [0.3, 0.4) is 0 Å². The number of hydrogen-bond acceptors (Lipinski definition) is 6. The fraction of sp³-hybridized carbons (Fsp3) is 0.474. The summed E-state index contributed by atoms with van der Waals surface area (Å²) in [5.41, 5.74) is 6.31. The van der Waals surface area contributed by atoms with Gasteiger partial charge in [-0.25, -0.2) is 9.97 Å². The Kier molecular flexibility index (Phi) is 5.33. The predicted octanol–water partition coefficient (Wildman–Crippen LogP) is 2.78. The topological polar surface area (TPSA) is 117 Å². The van der Waals surface area contributed by atoms with E-state index in [0.29, 0.717) is 23.8 Å². The molecule has 2 atom stereocenters. The van der Waals surface area contributed by atoms with Gasteiger partial charge in [-0.3, -0.25) is 4.79 Å². The van der Waals surface area contributed by atoms with E-state index >= 15 is 0 Å². The van der Waals surface area contributed by atoms with Crippen LogP contribution < -0.4 is 16.4 Å². The Hall–Kier alpha value is -2.72. The zero-order chi connectivity index (χ0) is 18.7. The van der Waals surface area contributed by atoms with Crippen LogP contribution in [0.1, 0.15) is 45.2 Å². The number of carbonyl (C=O) groups excluding carboxylic acids is 1. The average molecular weight is 352 g/mol. The molecule has 2 aromatic heterocycles. The summed E-state index contributed by atoms with van der Waals surface area (Å²) >= 11 is 0. The molecular formula is C19H24N6O. The van der Waals surface area contributed by atoms with Gasteiger partial charge in [0.25, 0.3) is 0 Å². The minimum atomic E-state index is -0.0661. The molecule has 4 N–H and O–H groups in total. The lowest BCUT2D eigenvalue weighted by molar-refractivity contribution is -0.120. The molecule has 26 heavy (non-hydrogen) atoms. The number of nitrogens with zero attached hydrogens (tertiary/aromatic N) is 3. The van der Waals surface area contributed by atoms with Crippen molar-refractivity contribution in [1.29, 1.82) is 5.26 Å². The van der Waals surface area contributed by atoms with Crippen LogP contribution in [-0.4, -0.2) is 28.0 Å². The molecule has 1 saturated carbocycles. The van der Waals surface area contributed by atoms with E-state index in [1.54, 1.807) is 18.3 Å². The van der Waals surface area contributed by atoms with Gasteiger partial charge < -0.3 is 16.4 Å². The van der Waals surface area contributed by atoms with Crippen molar-refractivity contribution in [3.8, 4) is 6.07 Å². The van der Waals surface area contributed by atoms with Crippen molar-refractivity contribution in [2.24, 2.45) is 11.7 Å². The minimum Gasteiger partial charge on any atom is -0.367 e. The second-order valence-corrected chi connectivity index (χ2v) is 7.17. The molecule has 0 unspecified atom stereocenters. The van der Waals surface area contributed by atoms with Crippen molar-refractivity contribution in [2.75, 3.05) is 10.6 Å². The molecule has 1 aliphatic rings. The zero-order valence-electron chi connectivity index (χ0n) is 15.1. The molecule has 0 aromatic carbocycles. The summed E-state index contributed by atoms with van der Waals surface area (Å²) in [6, 6.07) is 5.82. The highest BCUT2D eigenvalue weighted by atomic mass is 16.1. The number of nitriles is 1. The standard InChI is InChI=1S/C19H24N6O/c1-11(2)23-18-16-8-17(22-10-13(16)7-15(9-20)24-18)25-19(26)12-4-3-5-14(21)6-12/h7-8,10-12,14H,3-6,21H2,1-2H3,(H,23,24)(H,22,25,26)/t12-,14-/m0/s1. The lowest BCUT2D eigenvalue weighted by Gasteiger charge is -2.25. The van der Waals surface area contributed by atoms with Gasteiger partial charge in [-0.2, -0.15) is 5.26 Å². The van der Waals surface area contributed by atoms with Crippen LogP contribution in [0.4, 0.5) is 11.6 Å². The predicted molar refractivity (Wildman–Crippen MR) is 102 cm³/mol. The maximum Gasteiger partial charge on any atom is 0.228 e. The number of fused-ring (bicyclic) bond motifs is 1. The third-order valence-electron chi connectivity index (χ3n) is 4.59. The molecule has 2 aromatic rings. The van der Waals surface area contributed by atoms with Crippen LogP contribution >= 0.6 is 0 Å².